The number of rotatable bonds is 6. The summed E-state index contributed by atoms with van der Waals surface area (Å²) in [7, 11) is 0. The number of likely N-dealkylation sites (tertiary alicyclic amines) is 1. The zero-order chi connectivity index (χ0) is 22.7. The van der Waals surface area contributed by atoms with Gasteiger partial charge in [-0.3, -0.25) is 14.5 Å². The molecule has 1 saturated heterocycles. The zero-order valence-corrected chi connectivity index (χ0v) is 19.9. The number of carbonyl (C=O) groups excluding carboxylic acids is 2. The minimum absolute atomic E-state index is 0.0626. The Morgan fingerprint density at radius 3 is 2.66 bits per heavy atom. The maximum atomic E-state index is 13.8. The van der Waals surface area contributed by atoms with Crippen molar-refractivity contribution >= 4 is 38.5 Å². The van der Waals surface area contributed by atoms with Gasteiger partial charge >= 0.3 is 0 Å². The van der Waals surface area contributed by atoms with Gasteiger partial charge in [-0.25, -0.2) is 4.98 Å². The minimum atomic E-state index is -0.195. The van der Waals surface area contributed by atoms with Crippen molar-refractivity contribution in [1.82, 2.24) is 9.88 Å². The lowest BCUT2D eigenvalue weighted by molar-refractivity contribution is -0.134. The van der Waals surface area contributed by atoms with Crippen molar-refractivity contribution in [1.29, 1.82) is 0 Å². The summed E-state index contributed by atoms with van der Waals surface area (Å²) in [5.41, 5.74) is 3.26. The standard InChI is InChI=1S/C26H31N3O2S/c1-4-23(30)28-15-9-12-20(17-28)25(31)29(16-19-10-6-5-7-11-19)26-27-24-21(18(2)3)13-8-14-22(24)32-26/h5-8,10-11,13-14,18,20H,4,9,12,15-17H2,1-3H3. The molecule has 0 spiro atoms. The molecular weight excluding hydrogens is 418 g/mol. The van der Waals surface area contributed by atoms with Crippen LogP contribution in [0.1, 0.15) is 57.1 Å². The summed E-state index contributed by atoms with van der Waals surface area (Å²) in [4.78, 5) is 34.7. The molecule has 1 unspecified atom stereocenters. The van der Waals surface area contributed by atoms with Crippen LogP contribution in [0.15, 0.2) is 48.5 Å². The Balaban J connectivity index is 1.69. The first kappa shape index (κ1) is 22.5. The van der Waals surface area contributed by atoms with Crippen LogP contribution in [-0.2, 0) is 16.1 Å². The van der Waals surface area contributed by atoms with E-state index in [1.54, 1.807) is 11.3 Å². The number of aromatic nitrogens is 1. The molecule has 1 aliphatic rings. The largest absolute Gasteiger partial charge is 0.342 e. The molecular formula is C26H31N3O2S. The quantitative estimate of drug-likeness (QED) is 0.492. The van der Waals surface area contributed by atoms with E-state index in [-0.39, 0.29) is 17.7 Å². The third-order valence-corrected chi connectivity index (χ3v) is 7.21. The molecule has 0 saturated carbocycles. The molecule has 0 aliphatic carbocycles. The van der Waals surface area contributed by atoms with E-state index in [0.717, 1.165) is 40.3 Å². The first-order valence-electron chi connectivity index (χ1n) is 11.5. The number of hydrogen-bond donors (Lipinski definition) is 0. The predicted octanol–water partition coefficient (Wildman–Crippen LogP) is 5.60. The fraction of sp³-hybridized carbons (Fsp3) is 0.423. The van der Waals surface area contributed by atoms with E-state index < -0.39 is 0 Å². The summed E-state index contributed by atoms with van der Waals surface area (Å²) in [6, 6.07) is 16.3. The average Bonchev–Trinajstić information content (AvgIpc) is 3.26. The highest BCUT2D eigenvalue weighted by Gasteiger charge is 2.33. The molecule has 1 atom stereocenters. The summed E-state index contributed by atoms with van der Waals surface area (Å²) in [6.45, 7) is 7.94. The molecule has 1 aliphatic heterocycles. The SMILES string of the molecule is CCC(=O)N1CCCC(C(=O)N(Cc2ccccc2)c2nc3c(C(C)C)cccc3s2)C1. The van der Waals surface area contributed by atoms with Gasteiger partial charge in [-0.1, -0.05) is 74.6 Å². The second kappa shape index (κ2) is 9.82. The van der Waals surface area contributed by atoms with Gasteiger partial charge in [0.2, 0.25) is 11.8 Å². The molecule has 0 bridgehead atoms. The van der Waals surface area contributed by atoms with Crippen LogP contribution in [-0.4, -0.2) is 34.8 Å². The minimum Gasteiger partial charge on any atom is -0.342 e. The molecule has 2 heterocycles. The Hall–Kier alpha value is -2.73. The van der Waals surface area contributed by atoms with Gasteiger partial charge in [0.15, 0.2) is 5.13 Å². The Labute approximate surface area is 194 Å². The maximum Gasteiger partial charge on any atom is 0.233 e. The lowest BCUT2D eigenvalue weighted by atomic mass is 9.96. The molecule has 6 heteroatoms. The number of nitrogens with zero attached hydrogens (tertiary/aromatic N) is 3. The Morgan fingerprint density at radius 2 is 1.94 bits per heavy atom. The first-order chi connectivity index (χ1) is 15.5. The van der Waals surface area contributed by atoms with E-state index in [4.69, 9.17) is 4.98 Å². The summed E-state index contributed by atoms with van der Waals surface area (Å²) in [5.74, 6) is 0.352. The van der Waals surface area contributed by atoms with Crippen molar-refractivity contribution in [3.63, 3.8) is 0 Å². The van der Waals surface area contributed by atoms with Gasteiger partial charge in [0.1, 0.15) is 0 Å². The van der Waals surface area contributed by atoms with Crippen LogP contribution < -0.4 is 4.90 Å². The number of benzene rings is 2. The molecule has 5 nitrogen and oxygen atoms in total. The van der Waals surface area contributed by atoms with E-state index in [2.05, 4.69) is 32.0 Å². The van der Waals surface area contributed by atoms with Crippen LogP contribution >= 0.6 is 11.3 Å². The second-order valence-electron chi connectivity index (χ2n) is 8.79. The van der Waals surface area contributed by atoms with Crippen LogP contribution in [0.2, 0.25) is 0 Å². The summed E-state index contributed by atoms with van der Waals surface area (Å²) >= 11 is 1.57. The Kier molecular flexibility index (Phi) is 6.89. The van der Waals surface area contributed by atoms with E-state index in [9.17, 15) is 9.59 Å². The van der Waals surface area contributed by atoms with Crippen molar-refractivity contribution in [3.05, 3.63) is 59.7 Å². The molecule has 1 aromatic heterocycles. The molecule has 0 radical (unpaired) electrons. The number of para-hydroxylation sites is 1. The highest BCUT2D eigenvalue weighted by Crippen LogP contribution is 2.35. The number of thiazole rings is 1. The Bertz CT molecular complexity index is 1090. The fourth-order valence-corrected chi connectivity index (χ4v) is 5.40. The molecule has 168 valence electrons. The normalized spacial score (nSPS) is 16.5. The first-order valence-corrected chi connectivity index (χ1v) is 12.3. The van der Waals surface area contributed by atoms with Gasteiger partial charge in [0.25, 0.3) is 0 Å². The summed E-state index contributed by atoms with van der Waals surface area (Å²) < 4.78 is 1.10. The lowest BCUT2D eigenvalue weighted by Crippen LogP contribution is -2.46. The smallest absolute Gasteiger partial charge is 0.233 e. The van der Waals surface area contributed by atoms with Crippen LogP contribution in [0.4, 0.5) is 5.13 Å². The molecule has 4 rings (SSSR count). The monoisotopic (exact) mass is 449 g/mol. The van der Waals surface area contributed by atoms with E-state index in [1.165, 1.54) is 5.56 Å². The van der Waals surface area contributed by atoms with Crippen LogP contribution in [0.5, 0.6) is 0 Å². The van der Waals surface area contributed by atoms with E-state index >= 15 is 0 Å². The molecule has 2 amide bonds. The number of amides is 2. The van der Waals surface area contributed by atoms with Crippen molar-refractivity contribution in [2.75, 3.05) is 18.0 Å². The van der Waals surface area contributed by atoms with Crippen molar-refractivity contribution in [2.24, 2.45) is 5.92 Å². The van der Waals surface area contributed by atoms with Crippen molar-refractivity contribution in [2.45, 2.75) is 52.5 Å². The van der Waals surface area contributed by atoms with E-state index in [1.807, 2.05) is 47.1 Å². The van der Waals surface area contributed by atoms with Gasteiger partial charge in [0.05, 0.1) is 22.7 Å². The van der Waals surface area contributed by atoms with Crippen LogP contribution in [0.3, 0.4) is 0 Å². The second-order valence-corrected chi connectivity index (χ2v) is 9.80. The molecule has 3 aromatic rings. The van der Waals surface area contributed by atoms with Crippen molar-refractivity contribution < 1.29 is 9.59 Å². The predicted molar refractivity (Wildman–Crippen MR) is 131 cm³/mol. The van der Waals surface area contributed by atoms with Crippen LogP contribution in [0.25, 0.3) is 10.2 Å². The number of piperidine rings is 1. The topological polar surface area (TPSA) is 53.5 Å². The van der Waals surface area contributed by atoms with Gasteiger partial charge in [-0.15, -0.1) is 0 Å². The molecule has 1 fully saturated rings. The number of fused-ring (bicyclic) bond motifs is 1. The highest BCUT2D eigenvalue weighted by atomic mass is 32.1. The number of carbonyl (C=O) groups is 2. The lowest BCUT2D eigenvalue weighted by Gasteiger charge is -2.34. The maximum absolute atomic E-state index is 13.8. The zero-order valence-electron chi connectivity index (χ0n) is 19.1. The highest BCUT2D eigenvalue weighted by molar-refractivity contribution is 7.22. The van der Waals surface area contributed by atoms with Crippen LogP contribution in [0, 0.1) is 5.92 Å². The van der Waals surface area contributed by atoms with Gasteiger partial charge in [0, 0.05) is 19.5 Å². The third kappa shape index (κ3) is 4.70. The molecule has 0 N–H and O–H groups in total. The van der Waals surface area contributed by atoms with Crippen molar-refractivity contribution in [3.8, 4) is 0 Å². The van der Waals surface area contributed by atoms with Gasteiger partial charge in [-0.05, 0) is 36.0 Å². The van der Waals surface area contributed by atoms with Gasteiger partial charge < -0.3 is 4.90 Å². The van der Waals surface area contributed by atoms with E-state index in [0.29, 0.717) is 25.4 Å². The summed E-state index contributed by atoms with van der Waals surface area (Å²) in [5, 5.41) is 0.737. The summed E-state index contributed by atoms with van der Waals surface area (Å²) in [6.07, 6.45) is 2.14. The van der Waals surface area contributed by atoms with Gasteiger partial charge in [-0.2, -0.15) is 0 Å². The average molecular weight is 450 g/mol. The molecule has 2 aromatic carbocycles. The fourth-order valence-electron chi connectivity index (χ4n) is 4.39. The Morgan fingerprint density at radius 1 is 1.16 bits per heavy atom. The third-order valence-electron chi connectivity index (χ3n) is 6.17. The molecule has 32 heavy (non-hydrogen) atoms. The number of hydrogen-bond acceptors (Lipinski definition) is 4. The number of anilines is 1.